The lowest BCUT2D eigenvalue weighted by Gasteiger charge is -2.36. The number of anilines is 3. The van der Waals surface area contributed by atoms with E-state index in [2.05, 4.69) is 245 Å². The summed E-state index contributed by atoms with van der Waals surface area (Å²) in [6.07, 6.45) is 2.01. The number of hydrogen-bond acceptors (Lipinski definition) is 3. The van der Waals surface area contributed by atoms with E-state index in [1.54, 1.807) is 0 Å². The summed E-state index contributed by atoms with van der Waals surface area (Å²) < 4.78 is 2.42. The van der Waals surface area contributed by atoms with Gasteiger partial charge in [-0.3, -0.25) is 4.57 Å². The SMILES string of the molecule is CC(C)c1cccc(C(C)C)c1-c1ccnc(-n2c3ccccc3c3ccc([Si](c4ccccc4)(c4ccccc4)c4cccc(N5CN(C(C)(C)C)c6ccccc65)c4)cc32)c1. The summed E-state index contributed by atoms with van der Waals surface area (Å²) in [5.74, 6) is 1.70. The Kier molecular flexibility index (Phi) is 10.2. The first kappa shape index (κ1) is 40.4. The quantitative estimate of drug-likeness (QED) is 0.107. The van der Waals surface area contributed by atoms with Gasteiger partial charge in [0.2, 0.25) is 0 Å². The van der Waals surface area contributed by atoms with Crippen LogP contribution in [0.15, 0.2) is 188 Å². The Morgan fingerprint density at radius 2 is 1.08 bits per heavy atom. The highest BCUT2D eigenvalue weighted by molar-refractivity contribution is 7.20. The van der Waals surface area contributed by atoms with Crippen molar-refractivity contribution in [2.75, 3.05) is 16.5 Å². The average Bonchev–Trinajstić information content (AvgIpc) is 3.87. The molecule has 0 unspecified atom stereocenters. The van der Waals surface area contributed by atoms with Gasteiger partial charge in [0.1, 0.15) is 5.82 Å². The molecular formula is C58H56N4Si. The largest absolute Gasteiger partial charge is 0.347 e. The second-order valence-corrected chi connectivity index (χ2v) is 22.6. The molecule has 7 aromatic carbocycles. The number of benzene rings is 7. The monoisotopic (exact) mass is 836 g/mol. The zero-order valence-corrected chi connectivity index (χ0v) is 38.5. The highest BCUT2D eigenvalue weighted by atomic mass is 28.3. The van der Waals surface area contributed by atoms with Crippen molar-refractivity contribution >= 4 is 67.7 Å². The molecule has 0 aliphatic carbocycles. The van der Waals surface area contributed by atoms with Gasteiger partial charge in [-0.25, -0.2) is 4.98 Å². The molecule has 63 heavy (non-hydrogen) atoms. The Hall–Kier alpha value is -6.69. The van der Waals surface area contributed by atoms with Crippen LogP contribution in [0, 0.1) is 0 Å². The number of aromatic nitrogens is 2. The van der Waals surface area contributed by atoms with E-state index in [1.165, 1.54) is 70.8 Å². The zero-order valence-electron chi connectivity index (χ0n) is 37.5. The van der Waals surface area contributed by atoms with Crippen molar-refractivity contribution in [2.24, 2.45) is 0 Å². The Morgan fingerprint density at radius 3 is 1.75 bits per heavy atom. The topological polar surface area (TPSA) is 24.3 Å². The molecule has 0 saturated heterocycles. The first-order valence-corrected chi connectivity index (χ1v) is 24.5. The average molecular weight is 837 g/mol. The van der Waals surface area contributed by atoms with Gasteiger partial charge in [0, 0.05) is 28.2 Å². The molecule has 3 heterocycles. The van der Waals surface area contributed by atoms with Crippen LogP contribution in [0.3, 0.4) is 0 Å². The molecule has 0 amide bonds. The first-order chi connectivity index (χ1) is 30.6. The Bertz CT molecular complexity index is 3040. The standard InChI is InChI=1S/C58H56N4Si/c1-40(2)48-27-19-28-49(41(3)4)57(48)42-34-35-59-56(36-42)62-52-29-15-14-26-50(52)51-33-32-47(38-55(51)62)63(44-21-10-8-11-22-44,45-23-12-9-13-24-45)46-25-18-20-43(37-46)60-39-61(58(5,6)7)54-31-17-16-30-53(54)60/h8-38,40-41H,39H2,1-7H3. The maximum Gasteiger partial charge on any atom is 0.179 e. The van der Waals surface area contributed by atoms with E-state index in [-0.39, 0.29) is 5.54 Å². The molecule has 0 radical (unpaired) electrons. The van der Waals surface area contributed by atoms with Crippen LogP contribution < -0.4 is 30.5 Å². The molecule has 0 fully saturated rings. The van der Waals surface area contributed by atoms with Crippen LogP contribution in [0.4, 0.5) is 17.1 Å². The van der Waals surface area contributed by atoms with E-state index in [0.29, 0.717) is 11.8 Å². The molecule has 0 spiro atoms. The second kappa shape index (κ2) is 15.9. The highest BCUT2D eigenvalue weighted by Crippen LogP contribution is 2.44. The molecule has 0 N–H and O–H groups in total. The van der Waals surface area contributed by atoms with Crippen molar-refractivity contribution in [2.45, 2.75) is 65.8 Å². The fourth-order valence-corrected chi connectivity index (χ4v) is 15.1. The Balaban J connectivity index is 1.23. The summed E-state index contributed by atoms with van der Waals surface area (Å²) in [4.78, 5) is 10.2. The van der Waals surface area contributed by atoms with Gasteiger partial charge in [-0.15, -0.1) is 0 Å². The number of rotatable bonds is 9. The van der Waals surface area contributed by atoms with Crippen molar-refractivity contribution in [1.82, 2.24) is 9.55 Å². The number of para-hydroxylation sites is 3. The number of fused-ring (bicyclic) bond motifs is 4. The van der Waals surface area contributed by atoms with Crippen LogP contribution in [-0.2, 0) is 0 Å². The van der Waals surface area contributed by atoms with Crippen molar-refractivity contribution in [3.8, 4) is 16.9 Å². The molecule has 0 atom stereocenters. The lowest BCUT2D eigenvalue weighted by molar-refractivity contribution is 0.518. The minimum Gasteiger partial charge on any atom is -0.347 e. The van der Waals surface area contributed by atoms with E-state index < -0.39 is 8.07 Å². The van der Waals surface area contributed by atoms with Gasteiger partial charge >= 0.3 is 0 Å². The molecule has 5 heteroatoms. The fourth-order valence-electron chi connectivity index (χ4n) is 10.3. The molecule has 1 aliphatic heterocycles. The maximum atomic E-state index is 5.19. The molecule has 312 valence electrons. The van der Waals surface area contributed by atoms with Crippen LogP contribution in [-0.4, -0.2) is 29.8 Å². The van der Waals surface area contributed by atoms with E-state index in [1.807, 2.05) is 6.20 Å². The van der Waals surface area contributed by atoms with Crippen molar-refractivity contribution in [3.63, 3.8) is 0 Å². The summed E-state index contributed by atoms with van der Waals surface area (Å²) in [6, 6.07) is 68.4. The second-order valence-electron chi connectivity index (χ2n) is 18.8. The third-order valence-corrected chi connectivity index (χ3v) is 18.1. The smallest absolute Gasteiger partial charge is 0.179 e. The van der Waals surface area contributed by atoms with Crippen molar-refractivity contribution in [1.29, 1.82) is 0 Å². The normalized spacial score (nSPS) is 13.2. The van der Waals surface area contributed by atoms with Crippen LogP contribution in [0.25, 0.3) is 38.8 Å². The third-order valence-electron chi connectivity index (χ3n) is 13.3. The Morgan fingerprint density at radius 1 is 0.508 bits per heavy atom. The molecule has 1 aliphatic rings. The molecule has 10 rings (SSSR count). The van der Waals surface area contributed by atoms with Gasteiger partial charge in [0.25, 0.3) is 0 Å². The van der Waals surface area contributed by atoms with Gasteiger partial charge < -0.3 is 9.80 Å². The summed E-state index contributed by atoms with van der Waals surface area (Å²) in [6.45, 7) is 16.9. The minimum atomic E-state index is -3.00. The van der Waals surface area contributed by atoms with Gasteiger partial charge in [-0.2, -0.15) is 0 Å². The van der Waals surface area contributed by atoms with Crippen molar-refractivity contribution < 1.29 is 0 Å². The van der Waals surface area contributed by atoms with Crippen molar-refractivity contribution in [3.05, 3.63) is 199 Å². The third kappa shape index (κ3) is 6.77. The first-order valence-electron chi connectivity index (χ1n) is 22.5. The van der Waals surface area contributed by atoms with Crippen LogP contribution in [0.2, 0.25) is 0 Å². The lowest BCUT2D eigenvalue weighted by Crippen LogP contribution is -2.74. The molecule has 9 aromatic rings. The van der Waals surface area contributed by atoms with Gasteiger partial charge in [-0.05, 0) is 124 Å². The van der Waals surface area contributed by atoms with Crippen LogP contribution >= 0.6 is 0 Å². The van der Waals surface area contributed by atoms with Gasteiger partial charge in [0.05, 0.1) is 29.1 Å². The number of pyridine rings is 1. The molecule has 0 bridgehead atoms. The number of hydrogen-bond donors (Lipinski definition) is 0. The van der Waals surface area contributed by atoms with E-state index in [9.17, 15) is 0 Å². The number of nitrogens with zero attached hydrogens (tertiary/aromatic N) is 4. The molecule has 0 saturated carbocycles. The minimum absolute atomic E-state index is 0.0359. The lowest BCUT2D eigenvalue weighted by atomic mass is 9.85. The molecular weight excluding hydrogens is 781 g/mol. The van der Waals surface area contributed by atoms with E-state index in [4.69, 9.17) is 4.98 Å². The van der Waals surface area contributed by atoms with Crippen LogP contribution in [0.1, 0.15) is 71.4 Å². The summed E-state index contributed by atoms with van der Waals surface area (Å²) in [7, 11) is -3.00. The summed E-state index contributed by atoms with van der Waals surface area (Å²) in [5, 5.41) is 7.82. The van der Waals surface area contributed by atoms with Gasteiger partial charge in [0.15, 0.2) is 8.07 Å². The zero-order chi connectivity index (χ0) is 43.5. The van der Waals surface area contributed by atoms with E-state index in [0.717, 1.165) is 23.5 Å². The molecule has 4 nitrogen and oxygen atoms in total. The maximum absolute atomic E-state index is 5.19. The summed E-state index contributed by atoms with van der Waals surface area (Å²) >= 11 is 0. The van der Waals surface area contributed by atoms with Crippen LogP contribution in [0.5, 0.6) is 0 Å². The van der Waals surface area contributed by atoms with Gasteiger partial charge in [-0.1, -0.05) is 161 Å². The Labute approximate surface area is 374 Å². The summed E-state index contributed by atoms with van der Waals surface area (Å²) in [5.41, 5.74) is 11.3. The molecule has 2 aromatic heterocycles. The predicted octanol–water partition coefficient (Wildman–Crippen LogP) is 12.2. The van der Waals surface area contributed by atoms with E-state index >= 15 is 0 Å². The highest BCUT2D eigenvalue weighted by Gasteiger charge is 2.43. The predicted molar refractivity (Wildman–Crippen MR) is 271 cm³/mol. The fraction of sp³-hybridized carbons (Fsp3) is 0.190.